The second-order valence-corrected chi connectivity index (χ2v) is 5.11. The third-order valence-corrected chi connectivity index (χ3v) is 3.04. The first-order chi connectivity index (χ1) is 7.97. The van der Waals surface area contributed by atoms with Crippen LogP contribution in [0, 0.1) is 5.82 Å². The smallest absolute Gasteiger partial charge is 0.255 e. The van der Waals surface area contributed by atoms with Crippen molar-refractivity contribution in [2.75, 3.05) is 11.9 Å². The quantitative estimate of drug-likeness (QED) is 0.774. The maximum Gasteiger partial charge on any atom is 0.255 e. The second kappa shape index (κ2) is 6.36. The molecule has 0 aromatic heterocycles. The molecule has 0 bridgehead atoms. The van der Waals surface area contributed by atoms with Crippen molar-refractivity contribution in [3.05, 3.63) is 34.6 Å². The van der Waals surface area contributed by atoms with E-state index in [1.54, 1.807) is 4.90 Å². The predicted octanol–water partition coefficient (Wildman–Crippen LogP) is 3.72. The number of rotatable bonds is 4. The molecule has 5 heteroatoms. The maximum absolute atomic E-state index is 12.9. The molecule has 0 saturated carbocycles. The van der Waals surface area contributed by atoms with Gasteiger partial charge in [0.15, 0.2) is 0 Å². The van der Waals surface area contributed by atoms with Crippen molar-refractivity contribution in [3.63, 3.8) is 0 Å². The molecule has 0 saturated heterocycles. The van der Waals surface area contributed by atoms with Crippen LogP contribution in [0.1, 0.15) is 24.2 Å². The number of nitrogens with zero attached hydrogens (tertiary/aromatic N) is 1. The minimum Gasteiger partial charge on any atom is -0.335 e. The van der Waals surface area contributed by atoms with Crippen LogP contribution in [0.15, 0.2) is 18.2 Å². The van der Waals surface area contributed by atoms with Gasteiger partial charge in [0.2, 0.25) is 0 Å². The summed E-state index contributed by atoms with van der Waals surface area (Å²) in [7, 11) is 0. The lowest BCUT2D eigenvalue weighted by Gasteiger charge is -2.26. The van der Waals surface area contributed by atoms with Crippen LogP contribution in [0.3, 0.4) is 0 Å². The molecule has 0 heterocycles. The van der Waals surface area contributed by atoms with E-state index in [-0.39, 0.29) is 17.0 Å². The number of carbonyl (C=O) groups is 1. The van der Waals surface area contributed by atoms with Crippen molar-refractivity contribution in [3.8, 4) is 0 Å². The van der Waals surface area contributed by atoms with Crippen molar-refractivity contribution in [2.24, 2.45) is 0 Å². The third-order valence-electron chi connectivity index (χ3n) is 2.37. The van der Waals surface area contributed by atoms with Crippen molar-refractivity contribution in [1.29, 1.82) is 0 Å². The van der Waals surface area contributed by atoms with E-state index in [4.69, 9.17) is 11.6 Å². The maximum atomic E-state index is 12.9. The van der Waals surface area contributed by atoms with Crippen LogP contribution < -0.4 is 0 Å². The van der Waals surface area contributed by atoms with Crippen molar-refractivity contribution in [2.45, 2.75) is 19.9 Å². The minimum atomic E-state index is -0.442. The summed E-state index contributed by atoms with van der Waals surface area (Å²) in [4.78, 5) is 13.9. The van der Waals surface area contributed by atoms with E-state index in [0.29, 0.717) is 17.4 Å². The highest BCUT2D eigenvalue weighted by Gasteiger charge is 2.20. The van der Waals surface area contributed by atoms with Gasteiger partial charge in [0.25, 0.3) is 5.91 Å². The number of carbonyl (C=O) groups excluding carboxylic acids is 1. The molecule has 17 heavy (non-hydrogen) atoms. The van der Waals surface area contributed by atoms with Gasteiger partial charge in [-0.1, -0.05) is 27.5 Å². The Labute approximate surface area is 114 Å². The molecule has 0 unspecified atom stereocenters. The molecular formula is C12H14BrClFNO. The summed E-state index contributed by atoms with van der Waals surface area (Å²) in [5, 5.41) is 0.839. The number of amides is 1. The molecule has 1 rings (SSSR count). The van der Waals surface area contributed by atoms with E-state index in [2.05, 4.69) is 15.9 Å². The normalized spacial score (nSPS) is 10.7. The van der Waals surface area contributed by atoms with E-state index in [9.17, 15) is 9.18 Å². The zero-order chi connectivity index (χ0) is 13.0. The monoisotopic (exact) mass is 321 g/mol. The van der Waals surface area contributed by atoms with Crippen molar-refractivity contribution >= 4 is 33.4 Å². The first kappa shape index (κ1) is 14.5. The third kappa shape index (κ3) is 3.68. The van der Waals surface area contributed by atoms with E-state index in [1.807, 2.05) is 13.8 Å². The van der Waals surface area contributed by atoms with Crippen LogP contribution in [0.5, 0.6) is 0 Å². The Balaban J connectivity index is 3.01. The molecule has 94 valence electrons. The number of benzene rings is 1. The van der Waals surface area contributed by atoms with Crippen molar-refractivity contribution in [1.82, 2.24) is 4.90 Å². The minimum absolute atomic E-state index is 0.0705. The van der Waals surface area contributed by atoms with E-state index >= 15 is 0 Å². The van der Waals surface area contributed by atoms with Gasteiger partial charge in [-0.05, 0) is 32.0 Å². The van der Waals surface area contributed by atoms with Gasteiger partial charge in [-0.25, -0.2) is 4.39 Å². The standard InChI is InChI=1S/C12H14BrClFNO/c1-8(2)16(6-5-13)12(17)10-4-3-9(15)7-11(10)14/h3-4,7-8H,5-6H2,1-2H3. The Hall–Kier alpha value is -0.610. The fourth-order valence-electron chi connectivity index (χ4n) is 1.50. The number of hydrogen-bond donors (Lipinski definition) is 0. The molecule has 1 aromatic rings. The van der Waals surface area contributed by atoms with Gasteiger partial charge in [0.1, 0.15) is 5.82 Å². The largest absolute Gasteiger partial charge is 0.335 e. The van der Waals surface area contributed by atoms with Crippen LogP contribution in [0.25, 0.3) is 0 Å². The number of alkyl halides is 1. The molecule has 0 radical (unpaired) electrons. The topological polar surface area (TPSA) is 20.3 Å². The fraction of sp³-hybridized carbons (Fsp3) is 0.417. The molecule has 0 aliphatic rings. The van der Waals surface area contributed by atoms with Gasteiger partial charge < -0.3 is 4.90 Å². The lowest BCUT2D eigenvalue weighted by atomic mass is 10.1. The highest BCUT2D eigenvalue weighted by molar-refractivity contribution is 9.09. The summed E-state index contributed by atoms with van der Waals surface area (Å²) in [6, 6.07) is 3.89. The molecule has 0 aliphatic heterocycles. The average molecular weight is 323 g/mol. The first-order valence-corrected chi connectivity index (χ1v) is 6.79. The van der Waals surface area contributed by atoms with E-state index in [1.165, 1.54) is 12.1 Å². The SMILES string of the molecule is CC(C)N(CCBr)C(=O)c1ccc(F)cc1Cl. The molecule has 0 atom stereocenters. The molecule has 1 amide bonds. The highest BCUT2D eigenvalue weighted by atomic mass is 79.9. The Morgan fingerprint density at radius 2 is 2.18 bits per heavy atom. The summed E-state index contributed by atoms with van der Waals surface area (Å²) in [6.45, 7) is 4.44. The summed E-state index contributed by atoms with van der Waals surface area (Å²) in [5.74, 6) is -0.618. The van der Waals surface area contributed by atoms with E-state index in [0.717, 1.165) is 6.07 Å². The van der Waals surface area contributed by atoms with Crippen LogP contribution in [-0.4, -0.2) is 28.7 Å². The Morgan fingerprint density at radius 1 is 1.53 bits per heavy atom. The van der Waals surface area contributed by atoms with Crippen LogP contribution in [-0.2, 0) is 0 Å². The van der Waals surface area contributed by atoms with Crippen LogP contribution >= 0.6 is 27.5 Å². The Kier molecular flexibility index (Phi) is 5.40. The number of halogens is 3. The van der Waals surface area contributed by atoms with Gasteiger partial charge in [-0.3, -0.25) is 4.79 Å². The zero-order valence-electron chi connectivity index (χ0n) is 9.71. The van der Waals surface area contributed by atoms with Crippen molar-refractivity contribution < 1.29 is 9.18 Å². The summed E-state index contributed by atoms with van der Waals surface area (Å²) >= 11 is 9.18. The van der Waals surface area contributed by atoms with Gasteiger partial charge in [0, 0.05) is 17.9 Å². The molecule has 0 aliphatic carbocycles. The highest BCUT2D eigenvalue weighted by Crippen LogP contribution is 2.20. The van der Waals surface area contributed by atoms with Crippen LogP contribution in [0.4, 0.5) is 4.39 Å². The summed E-state index contributed by atoms with van der Waals surface area (Å²) < 4.78 is 12.9. The van der Waals surface area contributed by atoms with Gasteiger partial charge >= 0.3 is 0 Å². The van der Waals surface area contributed by atoms with Gasteiger partial charge in [-0.15, -0.1) is 0 Å². The van der Waals surface area contributed by atoms with E-state index < -0.39 is 5.82 Å². The lowest BCUT2D eigenvalue weighted by Crippen LogP contribution is -2.38. The van der Waals surface area contributed by atoms with Crippen LogP contribution in [0.2, 0.25) is 5.02 Å². The van der Waals surface area contributed by atoms with Gasteiger partial charge in [0.05, 0.1) is 10.6 Å². The summed E-state index contributed by atoms with van der Waals surface area (Å²) in [6.07, 6.45) is 0. The second-order valence-electron chi connectivity index (χ2n) is 3.91. The fourth-order valence-corrected chi connectivity index (χ4v) is 2.13. The van der Waals surface area contributed by atoms with Gasteiger partial charge in [-0.2, -0.15) is 0 Å². The molecular weight excluding hydrogens is 308 g/mol. The number of hydrogen-bond acceptors (Lipinski definition) is 1. The molecule has 1 aromatic carbocycles. The Morgan fingerprint density at radius 3 is 2.65 bits per heavy atom. The predicted molar refractivity (Wildman–Crippen MR) is 71.4 cm³/mol. The lowest BCUT2D eigenvalue weighted by molar-refractivity contribution is 0.0719. The zero-order valence-corrected chi connectivity index (χ0v) is 12.1. The molecule has 0 spiro atoms. The first-order valence-electron chi connectivity index (χ1n) is 5.29. The summed E-state index contributed by atoms with van der Waals surface area (Å²) in [5.41, 5.74) is 0.336. The molecule has 0 fully saturated rings. The molecule has 0 N–H and O–H groups in total. The molecule has 2 nitrogen and oxygen atoms in total. The Bertz CT molecular complexity index is 411. The average Bonchev–Trinajstić information content (AvgIpc) is 2.24.